The number of hydrogen-bond donors (Lipinski definition) is 3. The number of phenols is 2. The molecule has 0 heterocycles. The van der Waals surface area contributed by atoms with E-state index < -0.39 is 0 Å². The second kappa shape index (κ2) is 21.5. The zero-order chi connectivity index (χ0) is 23.2. The molecule has 0 aromatic heterocycles. The van der Waals surface area contributed by atoms with Crippen molar-refractivity contribution in [1.29, 1.82) is 0 Å². The number of carbonyl (C=O) groups excluding carboxylic acids is 1. The fraction of sp³-hybridized carbons (Fsp3) is 0.741. The van der Waals surface area contributed by atoms with Crippen LogP contribution in [0.25, 0.3) is 0 Å². The third-order valence-corrected chi connectivity index (χ3v) is 5.61. The van der Waals surface area contributed by atoms with Crippen LogP contribution in [0.15, 0.2) is 18.2 Å². The molecule has 0 bridgehead atoms. The Morgan fingerprint density at radius 2 is 1.13 bits per heavy atom. The van der Waals surface area contributed by atoms with Crippen LogP contribution in [-0.2, 0) is 11.2 Å². The molecule has 1 rings (SSSR count). The van der Waals surface area contributed by atoms with Crippen molar-refractivity contribution in [3.05, 3.63) is 23.8 Å². The number of primary amides is 1. The van der Waals surface area contributed by atoms with E-state index in [4.69, 9.17) is 15.9 Å². The number of phenolic OH excluding ortho intramolecular Hbond substituents is 2. The van der Waals surface area contributed by atoms with Gasteiger partial charge in [0.15, 0.2) is 11.5 Å². The van der Waals surface area contributed by atoms with Crippen LogP contribution in [0.3, 0.4) is 0 Å². The lowest BCUT2D eigenvalue weighted by Crippen LogP contribution is -2.09. The number of hydrogen-bond acceptors (Lipinski definition) is 3. The first kappa shape index (κ1) is 29.3. The number of carbonyl (C=O) groups is 1. The maximum Gasteiger partial charge on any atom is 0.217 e. The highest BCUT2D eigenvalue weighted by molar-refractivity contribution is 5.73. The first-order valence-electron chi connectivity index (χ1n) is 12.8. The minimum atomic E-state index is -0.153. The average Bonchev–Trinajstić information content (AvgIpc) is 2.74. The van der Waals surface area contributed by atoms with E-state index in [2.05, 4.69) is 13.8 Å². The quantitative estimate of drug-likeness (QED) is 0.162. The Labute approximate surface area is 191 Å². The Morgan fingerprint density at radius 1 is 0.677 bits per heavy atom. The van der Waals surface area contributed by atoms with Crippen molar-refractivity contribution in [2.24, 2.45) is 5.73 Å². The van der Waals surface area contributed by atoms with E-state index in [0.29, 0.717) is 6.42 Å². The van der Waals surface area contributed by atoms with Gasteiger partial charge in [-0.25, -0.2) is 0 Å². The highest BCUT2D eigenvalue weighted by Crippen LogP contribution is 2.25. The fourth-order valence-corrected chi connectivity index (χ4v) is 3.68. The number of unbranched alkanes of at least 4 members (excludes halogenated alkanes) is 14. The second-order valence-electron chi connectivity index (χ2n) is 8.74. The molecule has 4 N–H and O–H groups in total. The number of aryl methyl sites for hydroxylation is 1. The first-order chi connectivity index (χ1) is 15.0. The molecule has 0 aliphatic carbocycles. The molecule has 4 nitrogen and oxygen atoms in total. The summed E-state index contributed by atoms with van der Waals surface area (Å²) >= 11 is 0. The molecule has 1 aromatic rings. The molecule has 0 unspecified atom stereocenters. The second-order valence-corrected chi connectivity index (χ2v) is 8.74. The summed E-state index contributed by atoms with van der Waals surface area (Å²) in [7, 11) is 0. The lowest BCUT2D eigenvalue weighted by atomic mass is 10.0. The number of rotatable bonds is 18. The van der Waals surface area contributed by atoms with Gasteiger partial charge in [-0.15, -0.1) is 0 Å². The Hall–Kier alpha value is -1.71. The third kappa shape index (κ3) is 20.0. The molecule has 0 fully saturated rings. The molecule has 1 aromatic carbocycles. The topological polar surface area (TPSA) is 83.6 Å². The van der Waals surface area contributed by atoms with E-state index >= 15 is 0 Å². The lowest BCUT2D eigenvalue weighted by Gasteiger charge is -2.03. The molecule has 4 heteroatoms. The van der Waals surface area contributed by atoms with Gasteiger partial charge in [0.25, 0.3) is 0 Å². The number of amides is 1. The average molecular weight is 436 g/mol. The summed E-state index contributed by atoms with van der Waals surface area (Å²) in [6.45, 7) is 4.35. The largest absolute Gasteiger partial charge is 0.504 e. The van der Waals surface area contributed by atoms with Gasteiger partial charge in [0.05, 0.1) is 0 Å². The summed E-state index contributed by atoms with van der Waals surface area (Å²) in [5.74, 6) is -0.236. The predicted molar refractivity (Wildman–Crippen MR) is 133 cm³/mol. The summed E-state index contributed by atoms with van der Waals surface area (Å²) in [4.78, 5) is 10.6. The van der Waals surface area contributed by atoms with Crippen molar-refractivity contribution in [3.8, 4) is 11.5 Å². The van der Waals surface area contributed by atoms with Gasteiger partial charge in [-0.1, -0.05) is 116 Å². The molecule has 0 saturated heterocycles. The summed E-state index contributed by atoms with van der Waals surface area (Å²) < 4.78 is 0. The summed E-state index contributed by atoms with van der Waals surface area (Å²) in [6, 6.07) is 4.93. The van der Waals surface area contributed by atoms with Crippen molar-refractivity contribution in [2.75, 3.05) is 0 Å². The van der Waals surface area contributed by atoms with E-state index in [0.717, 1.165) is 24.8 Å². The van der Waals surface area contributed by atoms with Gasteiger partial charge in [0.2, 0.25) is 5.91 Å². The van der Waals surface area contributed by atoms with Gasteiger partial charge in [-0.3, -0.25) is 4.79 Å². The van der Waals surface area contributed by atoms with Crippen molar-refractivity contribution >= 4 is 5.91 Å². The smallest absolute Gasteiger partial charge is 0.217 e. The van der Waals surface area contributed by atoms with E-state index in [-0.39, 0.29) is 17.4 Å². The van der Waals surface area contributed by atoms with Crippen LogP contribution in [0.2, 0.25) is 0 Å². The summed E-state index contributed by atoms with van der Waals surface area (Å²) in [5.41, 5.74) is 6.17. The Bertz CT molecular complexity index is 545. The SMILES string of the molecule is CCCCCCCCCCCCCCCCCC(N)=O.CCCc1ccc(O)c(O)c1. The lowest BCUT2D eigenvalue weighted by molar-refractivity contribution is -0.118. The highest BCUT2D eigenvalue weighted by Gasteiger charge is 1.99. The van der Waals surface area contributed by atoms with Crippen molar-refractivity contribution in [3.63, 3.8) is 0 Å². The molecular weight excluding hydrogens is 386 g/mol. The third-order valence-electron chi connectivity index (χ3n) is 5.61. The summed E-state index contributed by atoms with van der Waals surface area (Å²) in [5, 5.41) is 18.0. The standard InChI is InChI=1S/C18H37NO.C9H12O2/c1-2-3-4-5-6-7-8-9-10-11-12-13-14-15-16-17-18(19)20;1-2-3-7-4-5-8(10)9(11)6-7/h2-17H2,1H3,(H2,19,20);4-6,10-11H,2-3H2,1H3. The molecule has 0 aliphatic rings. The van der Waals surface area contributed by atoms with Crippen LogP contribution in [-0.4, -0.2) is 16.1 Å². The van der Waals surface area contributed by atoms with Crippen LogP contribution in [0.4, 0.5) is 0 Å². The molecular formula is C27H49NO3. The number of aromatic hydroxyl groups is 2. The fourth-order valence-electron chi connectivity index (χ4n) is 3.68. The van der Waals surface area contributed by atoms with E-state index in [1.807, 2.05) is 6.07 Å². The first-order valence-corrected chi connectivity index (χ1v) is 12.8. The van der Waals surface area contributed by atoms with Gasteiger partial charge in [0.1, 0.15) is 0 Å². The minimum absolute atomic E-state index is 0.0315. The molecule has 0 spiro atoms. The van der Waals surface area contributed by atoms with E-state index in [1.165, 1.54) is 96.0 Å². The predicted octanol–water partition coefficient (Wildman–Crippen LogP) is 7.78. The maximum absolute atomic E-state index is 10.6. The molecule has 31 heavy (non-hydrogen) atoms. The molecule has 0 saturated carbocycles. The zero-order valence-electron chi connectivity index (χ0n) is 20.3. The molecule has 0 aliphatic heterocycles. The zero-order valence-corrected chi connectivity index (χ0v) is 20.3. The molecule has 0 radical (unpaired) electrons. The number of nitrogens with two attached hydrogens (primary N) is 1. The van der Waals surface area contributed by atoms with Gasteiger partial charge < -0.3 is 15.9 Å². The van der Waals surface area contributed by atoms with Crippen LogP contribution in [0, 0.1) is 0 Å². The Balaban J connectivity index is 0.000000683. The minimum Gasteiger partial charge on any atom is -0.504 e. The van der Waals surface area contributed by atoms with Crippen molar-refractivity contribution in [2.45, 2.75) is 129 Å². The van der Waals surface area contributed by atoms with Gasteiger partial charge in [-0.05, 0) is 30.5 Å². The van der Waals surface area contributed by atoms with E-state index in [1.54, 1.807) is 6.07 Å². The summed E-state index contributed by atoms with van der Waals surface area (Å²) in [6.07, 6.45) is 22.9. The van der Waals surface area contributed by atoms with E-state index in [9.17, 15) is 4.79 Å². The van der Waals surface area contributed by atoms with Crippen LogP contribution >= 0.6 is 0 Å². The van der Waals surface area contributed by atoms with Crippen molar-refractivity contribution in [1.82, 2.24) is 0 Å². The normalized spacial score (nSPS) is 10.5. The van der Waals surface area contributed by atoms with Crippen LogP contribution < -0.4 is 5.73 Å². The molecule has 1 amide bonds. The van der Waals surface area contributed by atoms with Crippen molar-refractivity contribution < 1.29 is 15.0 Å². The Morgan fingerprint density at radius 3 is 1.52 bits per heavy atom. The van der Waals surface area contributed by atoms with Crippen LogP contribution in [0.5, 0.6) is 11.5 Å². The molecule has 0 atom stereocenters. The highest BCUT2D eigenvalue weighted by atomic mass is 16.3. The maximum atomic E-state index is 10.6. The van der Waals surface area contributed by atoms with Gasteiger partial charge in [-0.2, -0.15) is 0 Å². The number of benzene rings is 1. The Kier molecular flexibility index (Phi) is 20.3. The van der Waals surface area contributed by atoms with Gasteiger partial charge in [0, 0.05) is 6.42 Å². The van der Waals surface area contributed by atoms with Crippen LogP contribution in [0.1, 0.15) is 129 Å². The monoisotopic (exact) mass is 435 g/mol. The van der Waals surface area contributed by atoms with Gasteiger partial charge >= 0.3 is 0 Å². The molecule has 180 valence electrons.